The van der Waals surface area contributed by atoms with Gasteiger partial charge in [-0.15, -0.1) is 0 Å². The minimum atomic E-state index is -0.423. The first-order valence-corrected chi connectivity index (χ1v) is 10.9. The number of hydrogen-bond acceptors (Lipinski definition) is 6. The lowest BCUT2D eigenvalue weighted by molar-refractivity contribution is 0.0756. The zero-order valence-corrected chi connectivity index (χ0v) is 17.7. The van der Waals surface area contributed by atoms with Crippen LogP contribution in [0.4, 0.5) is 0 Å². The molecule has 1 aromatic rings. The maximum absolute atomic E-state index is 10.3. The molecule has 1 heterocycles. The van der Waals surface area contributed by atoms with Gasteiger partial charge in [0.2, 0.25) is 0 Å². The van der Waals surface area contributed by atoms with Crippen molar-refractivity contribution in [2.24, 2.45) is 5.73 Å². The third kappa shape index (κ3) is 4.98. The predicted octanol–water partition coefficient (Wildman–Crippen LogP) is 2.72. The first-order chi connectivity index (χ1) is 13.4. The van der Waals surface area contributed by atoms with E-state index in [0.717, 1.165) is 24.9 Å². The lowest BCUT2D eigenvalue weighted by atomic mass is 9.89. The summed E-state index contributed by atoms with van der Waals surface area (Å²) >= 11 is 0. The average Bonchev–Trinajstić information content (AvgIpc) is 2.68. The van der Waals surface area contributed by atoms with Crippen molar-refractivity contribution in [3.63, 3.8) is 0 Å². The van der Waals surface area contributed by atoms with E-state index in [1.54, 1.807) is 0 Å². The maximum Gasteiger partial charge on any atom is 0.125 e. The number of nitrogens with one attached hydrogen (secondary N) is 1. The molecule has 1 unspecified atom stereocenters. The molecule has 2 aliphatic rings. The van der Waals surface area contributed by atoms with Gasteiger partial charge in [-0.1, -0.05) is 20.8 Å². The molecule has 28 heavy (non-hydrogen) atoms. The zero-order chi connectivity index (χ0) is 20.3. The van der Waals surface area contributed by atoms with Crippen LogP contribution in [0.25, 0.3) is 0 Å². The minimum absolute atomic E-state index is 0.0596. The van der Waals surface area contributed by atoms with Crippen LogP contribution in [0.1, 0.15) is 69.7 Å². The summed E-state index contributed by atoms with van der Waals surface area (Å²) in [5.74, 6) is 0.367. The van der Waals surface area contributed by atoms with Crippen LogP contribution in [0.5, 0.6) is 11.5 Å². The highest BCUT2D eigenvalue weighted by molar-refractivity contribution is 5.47. The monoisotopic (exact) mass is 390 g/mol. The Kier molecular flexibility index (Phi) is 7.20. The molecule has 158 valence electrons. The Morgan fingerprint density at radius 3 is 2.18 bits per heavy atom. The van der Waals surface area contributed by atoms with E-state index in [9.17, 15) is 10.2 Å². The van der Waals surface area contributed by atoms with Gasteiger partial charge in [0.1, 0.15) is 11.5 Å². The van der Waals surface area contributed by atoms with Crippen LogP contribution in [0.3, 0.4) is 0 Å². The number of piperazine rings is 1. The molecule has 1 aromatic carbocycles. The van der Waals surface area contributed by atoms with Crippen LogP contribution in [0, 0.1) is 0 Å². The van der Waals surface area contributed by atoms with Crippen LogP contribution in [0.2, 0.25) is 0 Å². The van der Waals surface area contributed by atoms with Gasteiger partial charge in [-0.3, -0.25) is 10.2 Å². The van der Waals surface area contributed by atoms with Gasteiger partial charge in [-0.05, 0) is 49.8 Å². The molecule has 3 rings (SSSR count). The van der Waals surface area contributed by atoms with E-state index in [4.69, 9.17) is 5.73 Å². The molecule has 0 bridgehead atoms. The number of nitrogens with zero attached hydrogens (tertiary/aromatic N) is 2. The van der Waals surface area contributed by atoms with E-state index in [2.05, 4.69) is 22.0 Å². The molecule has 2 fully saturated rings. The summed E-state index contributed by atoms with van der Waals surface area (Å²) in [5.41, 5.74) is 7.87. The molecule has 0 spiro atoms. The summed E-state index contributed by atoms with van der Waals surface area (Å²) in [4.78, 5) is 5.20. The number of benzene rings is 1. The number of phenols is 2. The van der Waals surface area contributed by atoms with Gasteiger partial charge in [0.15, 0.2) is 0 Å². The first kappa shape index (κ1) is 21.4. The van der Waals surface area contributed by atoms with Crippen LogP contribution < -0.4 is 11.1 Å². The summed E-state index contributed by atoms with van der Waals surface area (Å²) < 4.78 is 0. The van der Waals surface area contributed by atoms with Gasteiger partial charge in [-0.2, -0.15) is 0 Å². The van der Waals surface area contributed by atoms with Gasteiger partial charge >= 0.3 is 0 Å². The summed E-state index contributed by atoms with van der Waals surface area (Å²) in [6.07, 6.45) is 4.21. The van der Waals surface area contributed by atoms with E-state index in [-0.39, 0.29) is 17.4 Å². The Balaban J connectivity index is 1.53. The molecule has 5 N–H and O–H groups in total. The topological polar surface area (TPSA) is 85.0 Å². The van der Waals surface area contributed by atoms with Crippen molar-refractivity contribution in [1.82, 2.24) is 15.1 Å². The second kappa shape index (κ2) is 9.44. The first-order valence-electron chi connectivity index (χ1n) is 10.9. The zero-order valence-electron chi connectivity index (χ0n) is 17.7. The van der Waals surface area contributed by atoms with E-state index < -0.39 is 6.17 Å². The molecule has 0 aromatic heterocycles. The number of aromatic hydroxyl groups is 2. The molecule has 1 saturated heterocycles. The molecule has 6 nitrogen and oxygen atoms in total. The number of likely N-dealkylation sites (N-methyl/N-ethyl adjacent to an activating group) is 1. The lowest BCUT2D eigenvalue weighted by Gasteiger charge is -2.42. The maximum atomic E-state index is 10.3. The van der Waals surface area contributed by atoms with Gasteiger partial charge in [0.25, 0.3) is 0 Å². The minimum Gasteiger partial charge on any atom is -0.508 e. The Morgan fingerprint density at radius 2 is 1.61 bits per heavy atom. The summed E-state index contributed by atoms with van der Waals surface area (Å²) in [6, 6.07) is 4.33. The molecular weight excluding hydrogens is 352 g/mol. The number of rotatable bonds is 6. The molecule has 1 aliphatic heterocycles. The van der Waals surface area contributed by atoms with E-state index in [1.165, 1.54) is 45.1 Å². The summed E-state index contributed by atoms with van der Waals surface area (Å²) in [6.45, 7) is 12.2. The van der Waals surface area contributed by atoms with Gasteiger partial charge in [-0.25, -0.2) is 0 Å². The quantitative estimate of drug-likeness (QED) is 0.559. The van der Waals surface area contributed by atoms with Gasteiger partial charge in [0.05, 0.1) is 6.17 Å². The molecule has 6 heteroatoms. The lowest BCUT2D eigenvalue weighted by Crippen LogP contribution is -2.52. The third-order valence-electron chi connectivity index (χ3n) is 6.62. The highest BCUT2D eigenvalue weighted by Gasteiger charge is 2.29. The molecule has 1 aliphatic carbocycles. The Hall–Kier alpha value is -1.34. The molecular formula is C22H38N4O2. The average molecular weight is 391 g/mol. The largest absolute Gasteiger partial charge is 0.508 e. The second-order valence-corrected chi connectivity index (χ2v) is 8.74. The Labute approximate surface area is 169 Å². The Bertz CT molecular complexity index is 636. The van der Waals surface area contributed by atoms with Crippen molar-refractivity contribution in [1.29, 1.82) is 0 Å². The second-order valence-electron chi connectivity index (χ2n) is 8.74. The van der Waals surface area contributed by atoms with Crippen molar-refractivity contribution in [3.8, 4) is 11.5 Å². The van der Waals surface area contributed by atoms with Crippen LogP contribution in [-0.4, -0.2) is 64.8 Å². The fourth-order valence-electron chi connectivity index (χ4n) is 4.72. The molecule has 0 radical (unpaired) electrons. The fraction of sp³-hybridized carbons (Fsp3) is 0.727. The summed E-state index contributed by atoms with van der Waals surface area (Å²) in [5, 5.41) is 23.8. The van der Waals surface area contributed by atoms with Crippen molar-refractivity contribution >= 4 is 0 Å². The molecule has 1 saturated carbocycles. The highest BCUT2D eigenvalue weighted by Crippen LogP contribution is 2.34. The molecule has 1 atom stereocenters. The standard InChI is InChI=1S/C22H38N4O2/c1-4-25-9-11-26(12-10-25)17-7-5-16(6-8-17)24-22(23)19-13-18(15(2)3)20(27)14-21(19)28/h13-17,22,24,27-28H,4-12,23H2,1-3H3. The van der Waals surface area contributed by atoms with Crippen LogP contribution in [-0.2, 0) is 0 Å². The number of nitrogens with two attached hydrogens (primary N) is 1. The van der Waals surface area contributed by atoms with E-state index in [1.807, 2.05) is 19.9 Å². The highest BCUT2D eigenvalue weighted by atomic mass is 16.3. The van der Waals surface area contributed by atoms with E-state index in [0.29, 0.717) is 17.6 Å². The van der Waals surface area contributed by atoms with Crippen molar-refractivity contribution in [2.75, 3.05) is 32.7 Å². The number of phenolic OH excluding ortho intramolecular Hbond substituents is 2. The van der Waals surface area contributed by atoms with Crippen molar-refractivity contribution in [2.45, 2.75) is 70.6 Å². The van der Waals surface area contributed by atoms with Crippen molar-refractivity contribution < 1.29 is 10.2 Å². The predicted molar refractivity (Wildman–Crippen MR) is 114 cm³/mol. The normalized spacial score (nSPS) is 25.9. The van der Waals surface area contributed by atoms with Gasteiger partial charge < -0.3 is 20.8 Å². The van der Waals surface area contributed by atoms with Gasteiger partial charge in [0, 0.05) is 49.9 Å². The third-order valence-corrected chi connectivity index (χ3v) is 6.62. The van der Waals surface area contributed by atoms with Crippen LogP contribution in [0.15, 0.2) is 12.1 Å². The molecule has 0 amide bonds. The van der Waals surface area contributed by atoms with Crippen molar-refractivity contribution in [3.05, 3.63) is 23.3 Å². The summed E-state index contributed by atoms with van der Waals surface area (Å²) in [7, 11) is 0. The smallest absolute Gasteiger partial charge is 0.125 e. The number of hydrogen-bond donors (Lipinski definition) is 4. The Morgan fingerprint density at radius 1 is 1.00 bits per heavy atom. The van der Waals surface area contributed by atoms with Crippen LogP contribution >= 0.6 is 0 Å². The fourth-order valence-corrected chi connectivity index (χ4v) is 4.72. The SMILES string of the molecule is CCN1CCN(C2CCC(NC(N)c3cc(C(C)C)c(O)cc3O)CC2)CC1. The van der Waals surface area contributed by atoms with E-state index >= 15 is 0 Å².